The van der Waals surface area contributed by atoms with Gasteiger partial charge in [-0.25, -0.2) is 0 Å². The zero-order valence-electron chi connectivity index (χ0n) is 15.0. The summed E-state index contributed by atoms with van der Waals surface area (Å²) < 4.78 is 0. The minimum atomic E-state index is 1.08. The maximum atomic E-state index is 2.42. The van der Waals surface area contributed by atoms with Gasteiger partial charge in [-0.05, 0) is 58.2 Å². The molecule has 3 aromatic carbocycles. The Morgan fingerprint density at radius 3 is 1.58 bits per heavy atom. The summed E-state index contributed by atoms with van der Waals surface area (Å²) in [5.41, 5.74) is 9.70. The third-order valence-electron chi connectivity index (χ3n) is 4.87. The second-order valence-corrected chi connectivity index (χ2v) is 6.28. The van der Waals surface area contributed by atoms with E-state index in [4.69, 9.17) is 0 Å². The molecule has 0 saturated heterocycles. The fourth-order valence-corrected chi connectivity index (χ4v) is 3.43. The molecule has 0 aliphatic carbocycles. The SMILES string of the molecule is CCc1cc(CC)c(-c2ccc(-c3ccccc3)cc2)cc1CC. The van der Waals surface area contributed by atoms with Gasteiger partial charge in [0.1, 0.15) is 0 Å². The first-order chi connectivity index (χ1) is 11.8. The number of benzene rings is 3. The summed E-state index contributed by atoms with van der Waals surface area (Å²) in [6.07, 6.45) is 3.29. The first-order valence-corrected chi connectivity index (χ1v) is 9.07. The molecule has 0 fully saturated rings. The molecule has 0 spiro atoms. The van der Waals surface area contributed by atoms with E-state index < -0.39 is 0 Å². The first kappa shape index (κ1) is 16.5. The quantitative estimate of drug-likeness (QED) is 0.491. The van der Waals surface area contributed by atoms with E-state index in [0.29, 0.717) is 0 Å². The average molecular weight is 314 g/mol. The minimum absolute atomic E-state index is 1.08. The van der Waals surface area contributed by atoms with Crippen LogP contribution in [-0.4, -0.2) is 0 Å². The lowest BCUT2D eigenvalue weighted by Crippen LogP contribution is -1.97. The van der Waals surface area contributed by atoms with Gasteiger partial charge in [0, 0.05) is 0 Å². The first-order valence-electron chi connectivity index (χ1n) is 9.07. The van der Waals surface area contributed by atoms with E-state index in [1.807, 2.05) is 0 Å². The van der Waals surface area contributed by atoms with Crippen LogP contribution in [0, 0.1) is 0 Å². The summed E-state index contributed by atoms with van der Waals surface area (Å²) in [6, 6.07) is 24.4. The van der Waals surface area contributed by atoms with Gasteiger partial charge < -0.3 is 0 Å². The van der Waals surface area contributed by atoms with Gasteiger partial charge in [0.15, 0.2) is 0 Å². The normalized spacial score (nSPS) is 10.8. The lowest BCUT2D eigenvalue weighted by Gasteiger charge is -2.15. The highest BCUT2D eigenvalue weighted by Gasteiger charge is 2.09. The Morgan fingerprint density at radius 2 is 1.00 bits per heavy atom. The van der Waals surface area contributed by atoms with E-state index in [2.05, 4.69) is 87.5 Å². The molecule has 0 nitrogen and oxygen atoms in total. The molecule has 0 heterocycles. The lowest BCUT2D eigenvalue weighted by atomic mass is 9.90. The molecular weight excluding hydrogens is 288 g/mol. The summed E-state index contributed by atoms with van der Waals surface area (Å²) in [7, 11) is 0. The van der Waals surface area contributed by atoms with E-state index in [1.54, 1.807) is 0 Å². The molecule has 3 rings (SSSR count). The predicted octanol–water partition coefficient (Wildman–Crippen LogP) is 6.71. The van der Waals surface area contributed by atoms with Crippen molar-refractivity contribution in [3.8, 4) is 22.3 Å². The Balaban J connectivity index is 2.02. The molecule has 0 saturated carbocycles. The van der Waals surface area contributed by atoms with Crippen LogP contribution < -0.4 is 0 Å². The van der Waals surface area contributed by atoms with Crippen LogP contribution in [0.3, 0.4) is 0 Å². The van der Waals surface area contributed by atoms with Gasteiger partial charge in [-0.2, -0.15) is 0 Å². The van der Waals surface area contributed by atoms with E-state index in [-0.39, 0.29) is 0 Å². The van der Waals surface area contributed by atoms with Crippen LogP contribution in [0.4, 0.5) is 0 Å². The number of hydrogen-bond acceptors (Lipinski definition) is 0. The van der Waals surface area contributed by atoms with E-state index in [9.17, 15) is 0 Å². The molecule has 0 heteroatoms. The molecule has 0 radical (unpaired) electrons. The van der Waals surface area contributed by atoms with Gasteiger partial charge in [0.25, 0.3) is 0 Å². The van der Waals surface area contributed by atoms with Crippen LogP contribution in [0.15, 0.2) is 66.7 Å². The van der Waals surface area contributed by atoms with Crippen LogP contribution in [-0.2, 0) is 19.3 Å². The number of rotatable bonds is 5. The van der Waals surface area contributed by atoms with Crippen molar-refractivity contribution >= 4 is 0 Å². The van der Waals surface area contributed by atoms with Crippen molar-refractivity contribution in [2.24, 2.45) is 0 Å². The van der Waals surface area contributed by atoms with Gasteiger partial charge in [-0.1, -0.05) is 87.5 Å². The van der Waals surface area contributed by atoms with Gasteiger partial charge >= 0.3 is 0 Å². The Hall–Kier alpha value is -2.34. The van der Waals surface area contributed by atoms with Crippen molar-refractivity contribution in [1.82, 2.24) is 0 Å². The zero-order valence-corrected chi connectivity index (χ0v) is 15.0. The molecule has 0 aliphatic rings. The Kier molecular flexibility index (Phi) is 5.15. The highest BCUT2D eigenvalue weighted by Crippen LogP contribution is 2.30. The van der Waals surface area contributed by atoms with Gasteiger partial charge in [-0.3, -0.25) is 0 Å². The molecule has 0 amide bonds. The summed E-state index contributed by atoms with van der Waals surface area (Å²) >= 11 is 0. The van der Waals surface area contributed by atoms with Crippen LogP contribution in [0.25, 0.3) is 22.3 Å². The predicted molar refractivity (Wildman–Crippen MR) is 105 cm³/mol. The fraction of sp³-hybridized carbons (Fsp3) is 0.250. The van der Waals surface area contributed by atoms with Crippen molar-refractivity contribution in [2.45, 2.75) is 40.0 Å². The van der Waals surface area contributed by atoms with Crippen molar-refractivity contribution in [3.63, 3.8) is 0 Å². The van der Waals surface area contributed by atoms with Crippen LogP contribution in [0.2, 0.25) is 0 Å². The largest absolute Gasteiger partial charge is 0.0622 e. The van der Waals surface area contributed by atoms with E-state index in [0.717, 1.165) is 19.3 Å². The summed E-state index contributed by atoms with van der Waals surface area (Å²) in [4.78, 5) is 0. The zero-order chi connectivity index (χ0) is 16.9. The van der Waals surface area contributed by atoms with Crippen molar-refractivity contribution < 1.29 is 0 Å². The molecule has 24 heavy (non-hydrogen) atoms. The Morgan fingerprint density at radius 1 is 0.500 bits per heavy atom. The highest BCUT2D eigenvalue weighted by molar-refractivity contribution is 5.73. The minimum Gasteiger partial charge on any atom is -0.0622 e. The number of hydrogen-bond donors (Lipinski definition) is 0. The summed E-state index contributed by atoms with van der Waals surface area (Å²) in [5.74, 6) is 0. The maximum Gasteiger partial charge on any atom is -0.0149 e. The third kappa shape index (κ3) is 3.28. The molecule has 0 atom stereocenters. The molecule has 3 aromatic rings. The molecule has 0 unspecified atom stereocenters. The fourth-order valence-electron chi connectivity index (χ4n) is 3.43. The topological polar surface area (TPSA) is 0 Å². The van der Waals surface area contributed by atoms with Crippen molar-refractivity contribution in [1.29, 1.82) is 0 Å². The molecule has 0 bridgehead atoms. The van der Waals surface area contributed by atoms with Crippen LogP contribution >= 0.6 is 0 Å². The monoisotopic (exact) mass is 314 g/mol. The van der Waals surface area contributed by atoms with Gasteiger partial charge in [-0.15, -0.1) is 0 Å². The smallest absolute Gasteiger partial charge is 0.0149 e. The standard InChI is InChI=1S/C24H26/c1-4-18-16-20(6-3)24(17-19(18)5-2)23-14-12-22(13-15-23)21-10-8-7-9-11-21/h7-17H,4-6H2,1-3H3. The van der Waals surface area contributed by atoms with E-state index in [1.165, 1.54) is 38.9 Å². The Labute approximate surface area is 146 Å². The summed E-state index contributed by atoms with van der Waals surface area (Å²) in [5, 5.41) is 0. The molecule has 0 N–H and O–H groups in total. The second-order valence-electron chi connectivity index (χ2n) is 6.28. The molecular formula is C24H26. The molecule has 122 valence electrons. The van der Waals surface area contributed by atoms with E-state index >= 15 is 0 Å². The van der Waals surface area contributed by atoms with Crippen LogP contribution in [0.5, 0.6) is 0 Å². The van der Waals surface area contributed by atoms with Gasteiger partial charge in [0.2, 0.25) is 0 Å². The van der Waals surface area contributed by atoms with Gasteiger partial charge in [0.05, 0.1) is 0 Å². The average Bonchev–Trinajstić information content (AvgIpc) is 2.67. The third-order valence-corrected chi connectivity index (χ3v) is 4.87. The highest BCUT2D eigenvalue weighted by atomic mass is 14.1. The second kappa shape index (κ2) is 7.49. The van der Waals surface area contributed by atoms with Crippen LogP contribution in [0.1, 0.15) is 37.5 Å². The number of aryl methyl sites for hydroxylation is 3. The summed E-state index contributed by atoms with van der Waals surface area (Å²) in [6.45, 7) is 6.76. The maximum absolute atomic E-state index is 2.42. The molecule has 0 aromatic heterocycles. The Bertz CT molecular complexity index is 795. The van der Waals surface area contributed by atoms with Crippen molar-refractivity contribution in [3.05, 3.63) is 83.4 Å². The molecule has 0 aliphatic heterocycles. The van der Waals surface area contributed by atoms with Crippen molar-refractivity contribution in [2.75, 3.05) is 0 Å². The lowest BCUT2D eigenvalue weighted by molar-refractivity contribution is 1.02.